The van der Waals surface area contributed by atoms with Crippen molar-refractivity contribution in [2.45, 2.75) is 12.8 Å². The molecule has 1 nitrogen and oxygen atoms in total. The van der Waals surface area contributed by atoms with Crippen LogP contribution in [0.5, 0.6) is 0 Å². The molecule has 0 saturated heterocycles. The molecule has 3 rings (SSSR count). The first-order chi connectivity index (χ1) is 8.81. The Balaban J connectivity index is 2.15. The lowest BCUT2D eigenvalue weighted by Gasteiger charge is -2.31. The van der Waals surface area contributed by atoms with Crippen LogP contribution in [0.1, 0.15) is 16.7 Å². The second-order valence-electron chi connectivity index (χ2n) is 4.77. The minimum absolute atomic E-state index is 0.944. The highest BCUT2D eigenvalue weighted by Crippen LogP contribution is 2.38. The van der Waals surface area contributed by atoms with Crippen LogP contribution >= 0.6 is 0 Å². The molecule has 0 spiro atoms. The Morgan fingerprint density at radius 2 is 1.89 bits per heavy atom. The van der Waals surface area contributed by atoms with Gasteiger partial charge in [-0.3, -0.25) is 0 Å². The molecule has 0 N–H and O–H groups in total. The van der Waals surface area contributed by atoms with Gasteiger partial charge < -0.3 is 4.90 Å². The second kappa shape index (κ2) is 4.34. The summed E-state index contributed by atoms with van der Waals surface area (Å²) in [6.07, 6.45) is 3.95. The van der Waals surface area contributed by atoms with Crippen LogP contribution < -0.4 is 4.90 Å². The topological polar surface area (TPSA) is 3.24 Å². The first-order valence-corrected chi connectivity index (χ1v) is 6.34. The standard InChI is InChI=1S/C17H17N/c1-3-7-13-9-6-11-17-15(13)12-14-8-4-5-10-16(14)18(17)2/h3-6,8-11H,1,7,12H2,2H3. The molecule has 0 saturated carbocycles. The third kappa shape index (κ3) is 1.63. The normalized spacial score (nSPS) is 12.8. The lowest BCUT2D eigenvalue weighted by molar-refractivity contribution is 1.02. The predicted molar refractivity (Wildman–Crippen MR) is 77.7 cm³/mol. The average Bonchev–Trinajstić information content (AvgIpc) is 2.40. The largest absolute Gasteiger partial charge is 0.344 e. The quantitative estimate of drug-likeness (QED) is 0.709. The fourth-order valence-corrected chi connectivity index (χ4v) is 2.79. The van der Waals surface area contributed by atoms with Crippen LogP contribution in [-0.4, -0.2) is 7.05 Å². The Hall–Kier alpha value is -2.02. The minimum atomic E-state index is 0.944. The van der Waals surface area contributed by atoms with E-state index in [9.17, 15) is 0 Å². The van der Waals surface area contributed by atoms with Gasteiger partial charge in [0.2, 0.25) is 0 Å². The van der Waals surface area contributed by atoms with Crippen molar-refractivity contribution < 1.29 is 0 Å². The van der Waals surface area contributed by atoms with Gasteiger partial charge in [0.05, 0.1) is 0 Å². The van der Waals surface area contributed by atoms with Crippen molar-refractivity contribution in [2.75, 3.05) is 11.9 Å². The molecule has 0 aliphatic carbocycles. The van der Waals surface area contributed by atoms with E-state index < -0.39 is 0 Å². The van der Waals surface area contributed by atoms with E-state index in [1.165, 1.54) is 28.1 Å². The van der Waals surface area contributed by atoms with E-state index in [2.05, 4.69) is 61.0 Å². The molecule has 0 aromatic heterocycles. The SMILES string of the molecule is C=CCc1cccc2c1Cc1ccccc1N2C. The summed E-state index contributed by atoms with van der Waals surface area (Å²) >= 11 is 0. The lowest BCUT2D eigenvalue weighted by Crippen LogP contribution is -2.19. The highest BCUT2D eigenvalue weighted by atomic mass is 15.1. The molecule has 1 aliphatic heterocycles. The van der Waals surface area contributed by atoms with Crippen LogP contribution in [-0.2, 0) is 12.8 Å². The molecule has 1 heterocycles. The molecule has 0 radical (unpaired) electrons. The van der Waals surface area contributed by atoms with Gasteiger partial charge in [-0.15, -0.1) is 6.58 Å². The van der Waals surface area contributed by atoms with Crippen molar-refractivity contribution in [2.24, 2.45) is 0 Å². The first kappa shape index (κ1) is 11.1. The van der Waals surface area contributed by atoms with Gasteiger partial charge in [0.1, 0.15) is 0 Å². The number of allylic oxidation sites excluding steroid dienone is 1. The maximum absolute atomic E-state index is 3.85. The van der Waals surface area contributed by atoms with E-state index in [0.29, 0.717) is 0 Å². The van der Waals surface area contributed by atoms with Gasteiger partial charge >= 0.3 is 0 Å². The summed E-state index contributed by atoms with van der Waals surface area (Å²) in [4.78, 5) is 2.29. The zero-order valence-corrected chi connectivity index (χ0v) is 10.7. The van der Waals surface area contributed by atoms with E-state index in [-0.39, 0.29) is 0 Å². The number of nitrogens with zero attached hydrogens (tertiary/aromatic N) is 1. The number of hydrogen-bond donors (Lipinski definition) is 0. The zero-order valence-electron chi connectivity index (χ0n) is 10.7. The van der Waals surface area contributed by atoms with Crippen LogP contribution in [0, 0.1) is 0 Å². The number of fused-ring (bicyclic) bond motifs is 2. The third-order valence-electron chi connectivity index (χ3n) is 3.69. The monoisotopic (exact) mass is 235 g/mol. The van der Waals surface area contributed by atoms with E-state index >= 15 is 0 Å². The minimum Gasteiger partial charge on any atom is -0.344 e. The lowest BCUT2D eigenvalue weighted by atomic mass is 9.91. The molecule has 0 atom stereocenters. The van der Waals surface area contributed by atoms with E-state index in [1.54, 1.807) is 0 Å². The van der Waals surface area contributed by atoms with Crippen molar-refractivity contribution in [3.63, 3.8) is 0 Å². The summed E-state index contributed by atoms with van der Waals surface area (Å²) in [6, 6.07) is 15.2. The van der Waals surface area contributed by atoms with Crippen molar-refractivity contribution in [1.82, 2.24) is 0 Å². The molecule has 2 aromatic carbocycles. The Labute approximate surface area is 108 Å². The number of hydrogen-bond acceptors (Lipinski definition) is 1. The molecule has 18 heavy (non-hydrogen) atoms. The predicted octanol–water partition coefficient (Wildman–Crippen LogP) is 4.09. The Bertz CT molecular complexity index is 598. The molecule has 1 aliphatic rings. The molecule has 1 heteroatoms. The number of benzene rings is 2. The smallest absolute Gasteiger partial charge is 0.0447 e. The number of rotatable bonds is 2. The third-order valence-corrected chi connectivity index (χ3v) is 3.69. The van der Waals surface area contributed by atoms with Gasteiger partial charge in [-0.05, 0) is 35.2 Å². The number of anilines is 2. The summed E-state index contributed by atoms with van der Waals surface area (Å²) in [5.74, 6) is 0. The van der Waals surface area contributed by atoms with Gasteiger partial charge in [0, 0.05) is 24.8 Å². The first-order valence-electron chi connectivity index (χ1n) is 6.34. The van der Waals surface area contributed by atoms with E-state index in [1.807, 2.05) is 6.08 Å². The summed E-state index contributed by atoms with van der Waals surface area (Å²) < 4.78 is 0. The summed E-state index contributed by atoms with van der Waals surface area (Å²) in [7, 11) is 2.15. The second-order valence-corrected chi connectivity index (χ2v) is 4.77. The van der Waals surface area contributed by atoms with Gasteiger partial charge in [-0.25, -0.2) is 0 Å². The van der Waals surface area contributed by atoms with Gasteiger partial charge in [0.15, 0.2) is 0 Å². The highest BCUT2D eigenvalue weighted by molar-refractivity contribution is 5.74. The number of para-hydroxylation sites is 1. The summed E-state index contributed by atoms with van der Waals surface area (Å²) in [6.45, 7) is 3.85. The maximum Gasteiger partial charge on any atom is 0.0447 e. The van der Waals surface area contributed by atoms with Crippen molar-refractivity contribution in [1.29, 1.82) is 0 Å². The molecule has 0 unspecified atom stereocenters. The van der Waals surface area contributed by atoms with Crippen LogP contribution in [0.3, 0.4) is 0 Å². The Morgan fingerprint density at radius 1 is 1.11 bits per heavy atom. The van der Waals surface area contributed by atoms with Gasteiger partial charge in [-0.1, -0.05) is 36.4 Å². The highest BCUT2D eigenvalue weighted by Gasteiger charge is 2.20. The molecule has 0 fully saturated rings. The van der Waals surface area contributed by atoms with Gasteiger partial charge in [-0.2, -0.15) is 0 Å². The molecular formula is C17H17N. The van der Waals surface area contributed by atoms with Crippen LogP contribution in [0.4, 0.5) is 11.4 Å². The molecule has 2 aromatic rings. The molecule has 0 amide bonds. The van der Waals surface area contributed by atoms with Crippen molar-refractivity contribution in [3.8, 4) is 0 Å². The fourth-order valence-electron chi connectivity index (χ4n) is 2.79. The van der Waals surface area contributed by atoms with Crippen LogP contribution in [0.15, 0.2) is 55.1 Å². The van der Waals surface area contributed by atoms with Crippen molar-refractivity contribution in [3.05, 3.63) is 71.8 Å². The molecular weight excluding hydrogens is 218 g/mol. The summed E-state index contributed by atoms with van der Waals surface area (Å²) in [5.41, 5.74) is 6.89. The Morgan fingerprint density at radius 3 is 2.72 bits per heavy atom. The molecule has 90 valence electrons. The molecule has 0 bridgehead atoms. The van der Waals surface area contributed by atoms with E-state index in [4.69, 9.17) is 0 Å². The van der Waals surface area contributed by atoms with Gasteiger partial charge in [0.25, 0.3) is 0 Å². The average molecular weight is 235 g/mol. The van der Waals surface area contributed by atoms with Crippen molar-refractivity contribution >= 4 is 11.4 Å². The Kier molecular flexibility index (Phi) is 2.67. The fraction of sp³-hybridized carbons (Fsp3) is 0.176. The maximum atomic E-state index is 3.85. The van der Waals surface area contributed by atoms with E-state index in [0.717, 1.165) is 12.8 Å². The van der Waals surface area contributed by atoms with Crippen LogP contribution in [0.25, 0.3) is 0 Å². The zero-order chi connectivity index (χ0) is 12.5. The van der Waals surface area contributed by atoms with Crippen LogP contribution in [0.2, 0.25) is 0 Å². The summed E-state index contributed by atoms with van der Waals surface area (Å²) in [5, 5.41) is 0.